The van der Waals surface area contributed by atoms with Gasteiger partial charge < -0.3 is 10.2 Å². The molecule has 9 heteroatoms. The largest absolute Gasteiger partial charge is 0.409 e. The first kappa shape index (κ1) is 16.1. The van der Waals surface area contributed by atoms with E-state index in [2.05, 4.69) is 5.32 Å². The van der Waals surface area contributed by atoms with E-state index in [0.29, 0.717) is 17.9 Å². The van der Waals surface area contributed by atoms with Crippen LogP contribution in [0.15, 0.2) is 0 Å². The number of carbonyl (C=O) groups is 1. The maximum atomic E-state index is 12.4. The molecule has 0 aromatic rings. The monoisotopic (exact) mass is 292 g/mol. The van der Waals surface area contributed by atoms with Crippen molar-refractivity contribution in [3.63, 3.8) is 0 Å². The van der Waals surface area contributed by atoms with Crippen LogP contribution in [-0.2, 0) is 4.79 Å². The molecule has 1 fully saturated rings. The molecule has 0 aliphatic carbocycles. The van der Waals surface area contributed by atoms with Crippen LogP contribution in [0.4, 0.5) is 26.3 Å². The topological polar surface area (TPSA) is 32.3 Å². The van der Waals surface area contributed by atoms with Gasteiger partial charge in [0.1, 0.15) is 0 Å². The SMILES string of the molecule is CNCC1CCN(C(=O)C(C(F)(F)F)C(F)(F)F)C1. The first-order chi connectivity index (χ1) is 8.57. The van der Waals surface area contributed by atoms with Crippen molar-refractivity contribution in [1.82, 2.24) is 10.2 Å². The van der Waals surface area contributed by atoms with Gasteiger partial charge in [0.15, 0.2) is 0 Å². The molecule has 1 amide bonds. The predicted molar refractivity (Wildman–Crippen MR) is 54.2 cm³/mol. The van der Waals surface area contributed by atoms with E-state index in [1.807, 2.05) is 0 Å². The van der Waals surface area contributed by atoms with Crippen molar-refractivity contribution in [3.05, 3.63) is 0 Å². The lowest BCUT2D eigenvalue weighted by molar-refractivity contribution is -0.277. The summed E-state index contributed by atoms with van der Waals surface area (Å²) in [4.78, 5) is 12.1. The molecular formula is C10H14F6N2O. The summed E-state index contributed by atoms with van der Waals surface area (Å²) < 4.78 is 74.3. The summed E-state index contributed by atoms with van der Waals surface area (Å²) in [7, 11) is 1.62. The van der Waals surface area contributed by atoms with E-state index in [9.17, 15) is 31.1 Å². The van der Waals surface area contributed by atoms with Crippen LogP contribution in [-0.4, -0.2) is 49.8 Å². The molecule has 19 heavy (non-hydrogen) atoms. The number of halogens is 6. The molecule has 3 nitrogen and oxygen atoms in total. The maximum Gasteiger partial charge on any atom is 0.409 e. The van der Waals surface area contributed by atoms with Crippen LogP contribution < -0.4 is 5.32 Å². The lowest BCUT2D eigenvalue weighted by Gasteiger charge is -2.26. The molecule has 0 bridgehead atoms. The smallest absolute Gasteiger partial charge is 0.342 e. The summed E-state index contributed by atoms with van der Waals surface area (Å²) in [5, 5.41) is 2.78. The quantitative estimate of drug-likeness (QED) is 0.804. The van der Waals surface area contributed by atoms with Crippen molar-refractivity contribution >= 4 is 5.91 Å². The third kappa shape index (κ3) is 3.99. The second kappa shape index (κ2) is 5.56. The molecule has 0 aromatic carbocycles. The van der Waals surface area contributed by atoms with E-state index in [1.165, 1.54) is 0 Å². The van der Waals surface area contributed by atoms with Crippen LogP contribution in [0.25, 0.3) is 0 Å². The molecule has 112 valence electrons. The minimum atomic E-state index is -5.61. The summed E-state index contributed by atoms with van der Waals surface area (Å²) in [6.45, 7) is 0.294. The van der Waals surface area contributed by atoms with Gasteiger partial charge in [-0.15, -0.1) is 0 Å². The lowest BCUT2D eigenvalue weighted by atomic mass is 10.1. The van der Waals surface area contributed by atoms with Crippen molar-refractivity contribution in [2.24, 2.45) is 11.8 Å². The van der Waals surface area contributed by atoms with Crippen LogP contribution in [0.2, 0.25) is 0 Å². The first-order valence-electron chi connectivity index (χ1n) is 5.64. The highest BCUT2D eigenvalue weighted by atomic mass is 19.4. The van der Waals surface area contributed by atoms with Gasteiger partial charge in [-0.2, -0.15) is 26.3 Å². The van der Waals surface area contributed by atoms with Gasteiger partial charge in [-0.25, -0.2) is 0 Å². The standard InChI is InChI=1S/C10H14F6N2O/c1-17-4-6-2-3-18(5-6)8(19)7(9(11,12)13)10(14,15)16/h6-7,17H,2-5H2,1H3. The van der Waals surface area contributed by atoms with Gasteiger partial charge in [-0.3, -0.25) is 4.79 Å². The maximum absolute atomic E-state index is 12.4. The zero-order valence-corrected chi connectivity index (χ0v) is 10.1. The second-order valence-corrected chi connectivity index (χ2v) is 4.51. The van der Waals surface area contributed by atoms with Crippen molar-refractivity contribution in [2.75, 3.05) is 26.7 Å². The minimum Gasteiger partial charge on any atom is -0.342 e. The Bertz CT molecular complexity index is 313. The van der Waals surface area contributed by atoms with E-state index in [0.717, 1.165) is 0 Å². The Kier molecular flexibility index (Phi) is 4.70. The minimum absolute atomic E-state index is 0.0756. The number of nitrogens with one attached hydrogen (secondary N) is 1. The number of amides is 1. The number of nitrogens with zero attached hydrogens (tertiary/aromatic N) is 1. The van der Waals surface area contributed by atoms with E-state index < -0.39 is 24.2 Å². The number of rotatable bonds is 3. The number of hydrogen-bond donors (Lipinski definition) is 1. The average molecular weight is 292 g/mol. The fourth-order valence-electron chi connectivity index (χ4n) is 2.14. The van der Waals surface area contributed by atoms with Gasteiger partial charge in [0.2, 0.25) is 11.8 Å². The number of likely N-dealkylation sites (tertiary alicyclic amines) is 1. The Labute approximate surface area is 105 Å². The van der Waals surface area contributed by atoms with Crippen LogP contribution in [0.3, 0.4) is 0 Å². The molecule has 1 heterocycles. The molecule has 0 radical (unpaired) electrons. The summed E-state index contributed by atoms with van der Waals surface area (Å²) in [6.07, 6.45) is -10.8. The highest BCUT2D eigenvalue weighted by Crippen LogP contribution is 2.41. The number of carbonyl (C=O) groups excluding carboxylic acids is 1. The molecule has 1 N–H and O–H groups in total. The average Bonchev–Trinajstić information content (AvgIpc) is 2.62. The van der Waals surface area contributed by atoms with Gasteiger partial charge in [-0.1, -0.05) is 0 Å². The van der Waals surface area contributed by atoms with Gasteiger partial charge in [0.25, 0.3) is 0 Å². The van der Waals surface area contributed by atoms with Crippen molar-refractivity contribution in [1.29, 1.82) is 0 Å². The highest BCUT2D eigenvalue weighted by Gasteiger charge is 2.62. The highest BCUT2D eigenvalue weighted by molar-refractivity contribution is 5.80. The van der Waals surface area contributed by atoms with E-state index in [-0.39, 0.29) is 19.0 Å². The van der Waals surface area contributed by atoms with E-state index in [1.54, 1.807) is 7.05 Å². The molecule has 1 rings (SSSR count). The first-order valence-corrected chi connectivity index (χ1v) is 5.64. The Morgan fingerprint density at radius 1 is 1.26 bits per heavy atom. The molecule has 0 aromatic heterocycles. The Hall–Kier alpha value is -0.990. The van der Waals surface area contributed by atoms with E-state index in [4.69, 9.17) is 0 Å². The van der Waals surface area contributed by atoms with Crippen molar-refractivity contribution < 1.29 is 31.1 Å². The second-order valence-electron chi connectivity index (χ2n) is 4.51. The summed E-state index contributed by atoms with van der Waals surface area (Å²) in [6, 6.07) is 0. The summed E-state index contributed by atoms with van der Waals surface area (Å²) in [5.41, 5.74) is 0. The van der Waals surface area contributed by atoms with Gasteiger partial charge in [-0.05, 0) is 25.9 Å². The lowest BCUT2D eigenvalue weighted by Crippen LogP contribution is -2.49. The Balaban J connectivity index is 2.80. The zero-order chi connectivity index (χ0) is 14.8. The number of alkyl halides is 6. The molecule has 1 atom stereocenters. The Morgan fingerprint density at radius 2 is 1.79 bits per heavy atom. The molecule has 1 aliphatic rings. The molecule has 0 saturated carbocycles. The van der Waals surface area contributed by atoms with Crippen LogP contribution in [0.1, 0.15) is 6.42 Å². The fourth-order valence-corrected chi connectivity index (χ4v) is 2.14. The molecule has 1 aliphatic heterocycles. The molecule has 1 saturated heterocycles. The van der Waals surface area contributed by atoms with Gasteiger partial charge >= 0.3 is 12.4 Å². The van der Waals surface area contributed by atoms with Crippen LogP contribution in [0.5, 0.6) is 0 Å². The number of hydrogen-bond acceptors (Lipinski definition) is 2. The summed E-state index contributed by atoms with van der Waals surface area (Å²) >= 11 is 0. The van der Waals surface area contributed by atoms with Crippen molar-refractivity contribution in [2.45, 2.75) is 18.8 Å². The molecule has 0 spiro atoms. The van der Waals surface area contributed by atoms with Gasteiger partial charge in [0, 0.05) is 13.1 Å². The fraction of sp³-hybridized carbons (Fsp3) is 0.900. The zero-order valence-electron chi connectivity index (χ0n) is 10.1. The van der Waals surface area contributed by atoms with Gasteiger partial charge in [0.05, 0.1) is 0 Å². The van der Waals surface area contributed by atoms with Crippen LogP contribution in [0, 0.1) is 11.8 Å². The normalized spacial score (nSPS) is 21.3. The molecule has 1 unspecified atom stereocenters. The summed E-state index contributed by atoms with van der Waals surface area (Å²) in [5.74, 6) is -5.94. The third-order valence-electron chi connectivity index (χ3n) is 2.99. The third-order valence-corrected chi connectivity index (χ3v) is 2.99. The van der Waals surface area contributed by atoms with Crippen molar-refractivity contribution in [3.8, 4) is 0 Å². The Morgan fingerprint density at radius 3 is 2.21 bits per heavy atom. The molecular weight excluding hydrogens is 278 g/mol. The van der Waals surface area contributed by atoms with E-state index >= 15 is 0 Å². The predicted octanol–water partition coefficient (Wildman–Crippen LogP) is 1.80. The van der Waals surface area contributed by atoms with Crippen LogP contribution >= 0.6 is 0 Å².